The summed E-state index contributed by atoms with van der Waals surface area (Å²) < 4.78 is 7.87. The van der Waals surface area contributed by atoms with E-state index in [1.165, 1.54) is 15.9 Å². The molecule has 1 fully saturated rings. The van der Waals surface area contributed by atoms with Gasteiger partial charge in [-0.1, -0.05) is 72.8 Å². The highest BCUT2D eigenvalue weighted by Gasteiger charge is 2.36. The molecule has 1 atom stereocenters. The van der Waals surface area contributed by atoms with E-state index < -0.39 is 6.10 Å². The van der Waals surface area contributed by atoms with Gasteiger partial charge in [0.2, 0.25) is 0 Å². The Morgan fingerprint density at radius 1 is 0.941 bits per heavy atom. The second-order valence-corrected chi connectivity index (χ2v) is 8.66. The highest BCUT2D eigenvalue weighted by molar-refractivity contribution is 5.89. The lowest BCUT2D eigenvalue weighted by molar-refractivity contribution is -0.000734. The Labute approximate surface area is 199 Å². The number of aromatic nitrogens is 1. The number of para-hydroxylation sites is 1. The van der Waals surface area contributed by atoms with E-state index in [2.05, 4.69) is 59.5 Å². The molecule has 0 aliphatic carbocycles. The smallest absolute Gasteiger partial charge is 0.200 e. The minimum absolute atomic E-state index is 0.0435. The normalized spacial score (nSPS) is 15.1. The molecule has 172 valence electrons. The van der Waals surface area contributed by atoms with Crippen LogP contribution in [-0.4, -0.2) is 46.6 Å². The van der Waals surface area contributed by atoms with Gasteiger partial charge < -0.3 is 14.7 Å². The predicted molar refractivity (Wildman–Crippen MR) is 130 cm³/mol. The number of ether oxygens (including phenoxy) is 1. The standard InChI is InChI=1S/C28H27N3O3/c1-20(32)19-33-31-25-15-9-8-14-24(25)28(26(31)16-29)34-23-17-30(18-23)27(21-10-4-2-5-11-21)22-12-6-3-7-13-22/h2-15,20,23,27,32H,17-19H2,1H3. The molecule has 0 bridgehead atoms. The summed E-state index contributed by atoms with van der Waals surface area (Å²) in [5.74, 6) is 0.532. The van der Waals surface area contributed by atoms with Crippen LogP contribution in [0.4, 0.5) is 0 Å². The van der Waals surface area contributed by atoms with Gasteiger partial charge in [-0.25, -0.2) is 0 Å². The number of aliphatic hydroxyl groups excluding tert-OH is 1. The van der Waals surface area contributed by atoms with Gasteiger partial charge in [0, 0.05) is 18.5 Å². The SMILES string of the molecule is CC(O)COn1c(C#N)c(OC2CN(C(c3ccccc3)c3ccccc3)C2)c2ccccc21. The monoisotopic (exact) mass is 453 g/mol. The molecule has 0 radical (unpaired) electrons. The molecule has 3 aromatic carbocycles. The third kappa shape index (κ3) is 4.24. The zero-order valence-corrected chi connectivity index (χ0v) is 19.0. The summed E-state index contributed by atoms with van der Waals surface area (Å²) in [6.07, 6.45) is -0.691. The molecule has 1 unspecified atom stereocenters. The van der Waals surface area contributed by atoms with Crippen LogP contribution in [0.2, 0.25) is 0 Å². The molecule has 6 heteroatoms. The average molecular weight is 454 g/mol. The van der Waals surface area contributed by atoms with Crippen molar-refractivity contribution >= 4 is 10.9 Å². The van der Waals surface area contributed by atoms with Crippen LogP contribution in [0.25, 0.3) is 10.9 Å². The van der Waals surface area contributed by atoms with Crippen LogP contribution in [0.15, 0.2) is 84.9 Å². The average Bonchev–Trinajstić information content (AvgIpc) is 3.15. The molecular weight excluding hydrogens is 426 g/mol. The molecule has 5 rings (SSSR count). The Kier molecular flexibility index (Phi) is 6.22. The molecule has 6 nitrogen and oxygen atoms in total. The van der Waals surface area contributed by atoms with Crippen LogP contribution in [0.3, 0.4) is 0 Å². The number of aliphatic hydroxyl groups is 1. The number of rotatable bonds is 8. The van der Waals surface area contributed by atoms with Gasteiger partial charge in [-0.05, 0) is 30.2 Å². The first-order valence-corrected chi connectivity index (χ1v) is 11.5. The number of hydrogen-bond donors (Lipinski definition) is 1. The van der Waals surface area contributed by atoms with Crippen molar-refractivity contribution in [2.45, 2.75) is 25.2 Å². The summed E-state index contributed by atoms with van der Waals surface area (Å²) in [4.78, 5) is 8.14. The van der Waals surface area contributed by atoms with Crippen molar-refractivity contribution < 1.29 is 14.7 Å². The third-order valence-corrected chi connectivity index (χ3v) is 6.09. The van der Waals surface area contributed by atoms with Crippen LogP contribution in [0.1, 0.15) is 29.8 Å². The fourth-order valence-corrected chi connectivity index (χ4v) is 4.52. The molecule has 0 amide bonds. The maximum Gasteiger partial charge on any atom is 0.200 e. The molecular formula is C28H27N3O3. The van der Waals surface area contributed by atoms with Crippen molar-refractivity contribution in [3.63, 3.8) is 0 Å². The summed E-state index contributed by atoms with van der Waals surface area (Å²) in [6, 6.07) is 31.0. The van der Waals surface area contributed by atoms with Crippen LogP contribution in [-0.2, 0) is 0 Å². The maximum absolute atomic E-state index is 9.90. The number of benzene rings is 3. The molecule has 4 aromatic rings. The van der Waals surface area contributed by atoms with Crippen LogP contribution >= 0.6 is 0 Å². The first-order valence-electron chi connectivity index (χ1n) is 11.5. The molecule has 34 heavy (non-hydrogen) atoms. The van der Waals surface area contributed by atoms with Gasteiger partial charge in [0.15, 0.2) is 11.4 Å². The van der Waals surface area contributed by atoms with Gasteiger partial charge in [0.25, 0.3) is 0 Å². The molecule has 1 saturated heterocycles. The number of hydrogen-bond acceptors (Lipinski definition) is 5. The van der Waals surface area contributed by atoms with E-state index in [1.807, 2.05) is 36.4 Å². The van der Waals surface area contributed by atoms with Crippen LogP contribution < -0.4 is 9.57 Å². The molecule has 0 spiro atoms. The predicted octanol–water partition coefficient (Wildman–Crippen LogP) is 4.17. The van der Waals surface area contributed by atoms with Crippen molar-refractivity contribution in [3.8, 4) is 11.8 Å². The number of fused-ring (bicyclic) bond motifs is 1. The van der Waals surface area contributed by atoms with E-state index in [0.29, 0.717) is 11.4 Å². The van der Waals surface area contributed by atoms with Gasteiger partial charge in [0.05, 0.1) is 17.7 Å². The van der Waals surface area contributed by atoms with Gasteiger partial charge in [-0.3, -0.25) is 4.90 Å². The molecule has 2 heterocycles. The number of likely N-dealkylation sites (tertiary alicyclic amines) is 1. The summed E-state index contributed by atoms with van der Waals surface area (Å²) in [5.41, 5.74) is 3.54. The Bertz CT molecular complexity index is 1250. The zero-order valence-electron chi connectivity index (χ0n) is 19.0. The molecule has 1 aliphatic rings. The minimum atomic E-state index is -0.648. The lowest BCUT2D eigenvalue weighted by Gasteiger charge is -2.44. The topological polar surface area (TPSA) is 70.6 Å². The molecule has 0 saturated carbocycles. The van der Waals surface area contributed by atoms with Crippen molar-refractivity contribution in [2.75, 3.05) is 19.7 Å². The minimum Gasteiger partial charge on any atom is -0.484 e. The van der Waals surface area contributed by atoms with Crippen LogP contribution in [0, 0.1) is 11.3 Å². The zero-order chi connectivity index (χ0) is 23.5. The summed E-state index contributed by atoms with van der Waals surface area (Å²) in [6.45, 7) is 3.22. The summed E-state index contributed by atoms with van der Waals surface area (Å²) in [7, 11) is 0. The van der Waals surface area contributed by atoms with Gasteiger partial charge in [0.1, 0.15) is 18.8 Å². The molecule has 1 aliphatic heterocycles. The highest BCUT2D eigenvalue weighted by atomic mass is 16.7. The Balaban J connectivity index is 1.39. The van der Waals surface area contributed by atoms with E-state index in [-0.39, 0.29) is 18.8 Å². The van der Waals surface area contributed by atoms with E-state index in [1.54, 1.807) is 6.92 Å². The van der Waals surface area contributed by atoms with Gasteiger partial charge in [-0.15, -0.1) is 0 Å². The lowest BCUT2D eigenvalue weighted by atomic mass is 9.94. The highest BCUT2D eigenvalue weighted by Crippen LogP contribution is 2.37. The third-order valence-electron chi connectivity index (χ3n) is 6.09. The second kappa shape index (κ2) is 9.60. The first kappa shape index (κ1) is 22.0. The lowest BCUT2D eigenvalue weighted by Crippen LogP contribution is -2.55. The maximum atomic E-state index is 9.90. The fraction of sp³-hybridized carbons (Fsp3) is 0.250. The van der Waals surface area contributed by atoms with E-state index >= 15 is 0 Å². The van der Waals surface area contributed by atoms with E-state index in [9.17, 15) is 10.4 Å². The van der Waals surface area contributed by atoms with E-state index in [0.717, 1.165) is 24.0 Å². The van der Waals surface area contributed by atoms with Gasteiger partial charge in [-0.2, -0.15) is 9.99 Å². The first-order chi connectivity index (χ1) is 16.7. The summed E-state index contributed by atoms with van der Waals surface area (Å²) in [5, 5.41) is 20.4. The number of nitrogens with zero attached hydrogens (tertiary/aromatic N) is 3. The molecule has 1 aromatic heterocycles. The summed E-state index contributed by atoms with van der Waals surface area (Å²) >= 11 is 0. The Hall–Kier alpha value is -3.79. The van der Waals surface area contributed by atoms with Crippen molar-refractivity contribution in [2.24, 2.45) is 0 Å². The number of nitriles is 1. The van der Waals surface area contributed by atoms with Crippen molar-refractivity contribution in [3.05, 3.63) is 102 Å². The largest absolute Gasteiger partial charge is 0.484 e. The Morgan fingerprint density at radius 2 is 1.53 bits per heavy atom. The fourth-order valence-electron chi connectivity index (χ4n) is 4.52. The quantitative estimate of drug-likeness (QED) is 0.434. The van der Waals surface area contributed by atoms with E-state index in [4.69, 9.17) is 9.57 Å². The second-order valence-electron chi connectivity index (χ2n) is 8.66. The van der Waals surface area contributed by atoms with Crippen molar-refractivity contribution in [1.82, 2.24) is 9.63 Å². The van der Waals surface area contributed by atoms with Crippen LogP contribution in [0.5, 0.6) is 5.75 Å². The van der Waals surface area contributed by atoms with Crippen molar-refractivity contribution in [1.29, 1.82) is 5.26 Å². The molecule has 1 N–H and O–H groups in total. The Morgan fingerprint density at radius 3 is 2.12 bits per heavy atom. The van der Waals surface area contributed by atoms with Gasteiger partial charge >= 0.3 is 0 Å².